The van der Waals surface area contributed by atoms with Crippen LogP contribution < -0.4 is 11.1 Å². The Morgan fingerprint density at radius 1 is 1.07 bits per heavy atom. The van der Waals surface area contributed by atoms with Crippen LogP contribution in [0.15, 0.2) is 59.4 Å². The molecule has 2 aromatic heterocycles. The highest BCUT2D eigenvalue weighted by molar-refractivity contribution is 5.85. The van der Waals surface area contributed by atoms with E-state index in [0.717, 1.165) is 11.1 Å². The van der Waals surface area contributed by atoms with Crippen molar-refractivity contribution in [2.75, 3.05) is 0 Å². The van der Waals surface area contributed by atoms with Gasteiger partial charge in [0.15, 0.2) is 0 Å². The van der Waals surface area contributed by atoms with Gasteiger partial charge in [0.05, 0.1) is 5.92 Å². The third-order valence-corrected chi connectivity index (χ3v) is 4.73. The molecule has 7 nitrogen and oxygen atoms in total. The van der Waals surface area contributed by atoms with Crippen molar-refractivity contribution < 1.29 is 9.32 Å². The number of carbonyl (C=O) groups is 1. The number of halogens is 2. The summed E-state index contributed by atoms with van der Waals surface area (Å²) in [5, 5.41) is 7.04. The summed E-state index contributed by atoms with van der Waals surface area (Å²) < 4.78 is 5.43. The second-order valence-corrected chi connectivity index (χ2v) is 7.15. The average Bonchev–Trinajstić information content (AvgIpc) is 3.21. The first-order valence-corrected chi connectivity index (χ1v) is 9.32. The van der Waals surface area contributed by atoms with Crippen molar-refractivity contribution in [3.05, 3.63) is 66.3 Å². The van der Waals surface area contributed by atoms with E-state index in [4.69, 9.17) is 10.3 Å². The maximum atomic E-state index is 12.8. The lowest BCUT2D eigenvalue weighted by molar-refractivity contribution is -0.126. The fraction of sp³-hybridized carbons (Fsp3) is 0.333. The summed E-state index contributed by atoms with van der Waals surface area (Å²) in [5.74, 6) is 0.298. The summed E-state index contributed by atoms with van der Waals surface area (Å²) in [6, 6.07) is 12.4. The van der Waals surface area contributed by atoms with Gasteiger partial charge in [0.1, 0.15) is 6.04 Å². The number of nitrogens with two attached hydrogens (primary N) is 1. The molecular weight excluding hydrogens is 425 g/mol. The van der Waals surface area contributed by atoms with Crippen LogP contribution in [0.1, 0.15) is 44.3 Å². The van der Waals surface area contributed by atoms with Gasteiger partial charge in [-0.15, -0.1) is 24.8 Å². The van der Waals surface area contributed by atoms with Crippen LogP contribution in [0.25, 0.3) is 11.4 Å². The standard InChI is InChI=1S/C21H25N5O2.2ClH/c1-13(2)18(21-25-19(26-28-21)16-10-7-11-23-12-16)24-20(27)14(3)17(22)15-8-5-4-6-9-15;;/h4-14,17-18H,22H2,1-3H3,(H,24,27);2*1H. The molecule has 0 aliphatic rings. The van der Waals surface area contributed by atoms with Crippen LogP contribution in [0, 0.1) is 11.8 Å². The normalized spacial score (nSPS) is 13.5. The number of rotatable bonds is 7. The van der Waals surface area contributed by atoms with Crippen LogP contribution in [0.5, 0.6) is 0 Å². The van der Waals surface area contributed by atoms with E-state index in [2.05, 4.69) is 20.4 Å². The number of pyridine rings is 1. The summed E-state index contributed by atoms with van der Waals surface area (Å²) in [6.07, 6.45) is 3.34. The van der Waals surface area contributed by atoms with E-state index >= 15 is 0 Å². The minimum Gasteiger partial charge on any atom is -0.344 e. The molecule has 0 saturated carbocycles. The van der Waals surface area contributed by atoms with Gasteiger partial charge in [0.2, 0.25) is 17.6 Å². The molecule has 162 valence electrons. The largest absolute Gasteiger partial charge is 0.344 e. The first-order valence-electron chi connectivity index (χ1n) is 9.32. The third-order valence-electron chi connectivity index (χ3n) is 4.73. The van der Waals surface area contributed by atoms with Gasteiger partial charge >= 0.3 is 0 Å². The Kier molecular flexibility index (Phi) is 9.92. The van der Waals surface area contributed by atoms with Crippen LogP contribution >= 0.6 is 24.8 Å². The minimum absolute atomic E-state index is 0. The molecule has 30 heavy (non-hydrogen) atoms. The van der Waals surface area contributed by atoms with Gasteiger partial charge in [-0.3, -0.25) is 9.78 Å². The van der Waals surface area contributed by atoms with Gasteiger partial charge < -0.3 is 15.6 Å². The molecule has 3 aromatic rings. The van der Waals surface area contributed by atoms with Crippen LogP contribution in [0.3, 0.4) is 0 Å². The lowest BCUT2D eigenvalue weighted by Gasteiger charge is -2.24. The Balaban J connectivity index is 0.00000225. The molecule has 1 aromatic carbocycles. The number of benzene rings is 1. The Morgan fingerprint density at radius 3 is 2.37 bits per heavy atom. The zero-order valence-corrected chi connectivity index (χ0v) is 18.7. The van der Waals surface area contributed by atoms with Crippen LogP contribution in [-0.4, -0.2) is 21.0 Å². The molecule has 9 heteroatoms. The van der Waals surface area contributed by atoms with Gasteiger partial charge in [-0.1, -0.05) is 56.3 Å². The molecule has 2 heterocycles. The Hall–Kier alpha value is -2.48. The minimum atomic E-state index is -0.413. The van der Waals surface area contributed by atoms with E-state index < -0.39 is 18.0 Å². The third kappa shape index (κ3) is 6.01. The molecule has 0 aliphatic carbocycles. The van der Waals surface area contributed by atoms with E-state index in [-0.39, 0.29) is 36.6 Å². The van der Waals surface area contributed by atoms with Crippen molar-refractivity contribution in [1.29, 1.82) is 0 Å². The highest BCUT2D eigenvalue weighted by Crippen LogP contribution is 2.25. The van der Waals surface area contributed by atoms with E-state index in [9.17, 15) is 4.79 Å². The molecule has 3 N–H and O–H groups in total. The first-order chi connectivity index (χ1) is 13.5. The van der Waals surface area contributed by atoms with Gasteiger partial charge in [0, 0.05) is 24.0 Å². The van der Waals surface area contributed by atoms with Crippen LogP contribution in [-0.2, 0) is 4.79 Å². The number of hydrogen-bond acceptors (Lipinski definition) is 6. The summed E-state index contributed by atoms with van der Waals surface area (Å²) in [6.45, 7) is 5.79. The first kappa shape index (κ1) is 25.6. The topological polar surface area (TPSA) is 107 Å². The van der Waals surface area contributed by atoms with Crippen molar-refractivity contribution >= 4 is 30.7 Å². The van der Waals surface area contributed by atoms with E-state index in [1.54, 1.807) is 18.5 Å². The summed E-state index contributed by atoms with van der Waals surface area (Å²) in [5.41, 5.74) is 7.97. The summed E-state index contributed by atoms with van der Waals surface area (Å²) in [4.78, 5) is 21.4. The molecular formula is C21H27Cl2N5O2. The lowest BCUT2D eigenvalue weighted by Crippen LogP contribution is -2.39. The Labute approximate surface area is 188 Å². The zero-order valence-electron chi connectivity index (χ0n) is 17.1. The van der Waals surface area contributed by atoms with Crippen LogP contribution in [0.2, 0.25) is 0 Å². The molecule has 3 unspecified atom stereocenters. The van der Waals surface area contributed by atoms with Crippen LogP contribution in [0.4, 0.5) is 0 Å². The maximum absolute atomic E-state index is 12.8. The van der Waals surface area contributed by atoms with Crippen molar-refractivity contribution in [2.24, 2.45) is 17.6 Å². The average molecular weight is 452 g/mol. The Bertz CT molecular complexity index is 906. The lowest BCUT2D eigenvalue weighted by atomic mass is 9.93. The molecule has 0 spiro atoms. The molecule has 1 amide bonds. The highest BCUT2D eigenvalue weighted by Gasteiger charge is 2.29. The molecule has 0 aliphatic heterocycles. The molecule has 0 radical (unpaired) electrons. The molecule has 0 fully saturated rings. The number of aromatic nitrogens is 3. The fourth-order valence-corrected chi connectivity index (χ4v) is 2.90. The van der Waals surface area contributed by atoms with Gasteiger partial charge in [-0.2, -0.15) is 4.98 Å². The summed E-state index contributed by atoms with van der Waals surface area (Å²) >= 11 is 0. The zero-order chi connectivity index (χ0) is 20.1. The Morgan fingerprint density at radius 2 is 1.77 bits per heavy atom. The van der Waals surface area contributed by atoms with Gasteiger partial charge in [-0.05, 0) is 23.6 Å². The smallest absolute Gasteiger partial charge is 0.249 e. The maximum Gasteiger partial charge on any atom is 0.249 e. The van der Waals surface area contributed by atoms with Gasteiger partial charge in [-0.25, -0.2) is 0 Å². The van der Waals surface area contributed by atoms with Crippen molar-refractivity contribution in [3.8, 4) is 11.4 Å². The number of carbonyl (C=O) groups excluding carboxylic acids is 1. The van der Waals surface area contributed by atoms with Gasteiger partial charge in [0.25, 0.3) is 0 Å². The highest BCUT2D eigenvalue weighted by atomic mass is 35.5. The predicted molar refractivity (Wildman–Crippen MR) is 120 cm³/mol. The SMILES string of the molecule is CC(C)C(NC(=O)C(C)C(N)c1ccccc1)c1nc(-c2cccnc2)no1.Cl.Cl. The fourth-order valence-electron chi connectivity index (χ4n) is 2.90. The molecule has 3 atom stereocenters. The van der Waals surface area contributed by atoms with E-state index in [1.165, 1.54) is 0 Å². The molecule has 3 rings (SSSR count). The van der Waals surface area contributed by atoms with Crippen molar-refractivity contribution in [1.82, 2.24) is 20.4 Å². The molecule has 0 bridgehead atoms. The second kappa shape index (κ2) is 11.6. The second-order valence-electron chi connectivity index (χ2n) is 7.15. The number of amides is 1. The number of nitrogens with zero attached hydrogens (tertiary/aromatic N) is 3. The monoisotopic (exact) mass is 451 g/mol. The quantitative estimate of drug-likeness (QED) is 0.559. The summed E-state index contributed by atoms with van der Waals surface area (Å²) in [7, 11) is 0. The van der Waals surface area contributed by atoms with Crippen molar-refractivity contribution in [2.45, 2.75) is 32.9 Å². The molecule has 0 saturated heterocycles. The predicted octanol–water partition coefficient (Wildman–Crippen LogP) is 4.12. The number of hydrogen-bond donors (Lipinski definition) is 2. The number of nitrogens with one attached hydrogen (secondary N) is 1. The van der Waals surface area contributed by atoms with Crippen molar-refractivity contribution in [3.63, 3.8) is 0 Å². The van der Waals surface area contributed by atoms with E-state index in [1.807, 2.05) is 57.2 Å². The van der Waals surface area contributed by atoms with E-state index in [0.29, 0.717) is 11.7 Å².